The molecule has 6 heteroatoms. The first-order chi connectivity index (χ1) is 13.7. The van der Waals surface area contributed by atoms with Crippen LogP contribution in [0.5, 0.6) is 11.5 Å². The highest BCUT2D eigenvalue weighted by molar-refractivity contribution is 5.93. The minimum atomic E-state index is -0.0332. The molecule has 0 saturated carbocycles. The third-order valence-electron chi connectivity index (χ3n) is 6.74. The second-order valence-electron chi connectivity index (χ2n) is 8.10. The average Bonchev–Trinajstić information content (AvgIpc) is 3.18. The summed E-state index contributed by atoms with van der Waals surface area (Å²) in [4.78, 5) is 22.1. The van der Waals surface area contributed by atoms with Gasteiger partial charge in [0.1, 0.15) is 17.2 Å². The summed E-state index contributed by atoms with van der Waals surface area (Å²) in [5.41, 5.74) is 1.63. The van der Waals surface area contributed by atoms with Gasteiger partial charge in [0, 0.05) is 18.5 Å². The molecular weight excluding hydrogens is 354 g/mol. The molecule has 4 saturated heterocycles. The number of benzene rings is 1. The predicted octanol–water partition coefficient (Wildman–Crippen LogP) is 2.50. The molecular formula is C22H25N3O3. The smallest absolute Gasteiger partial charge is 0.272 e. The molecule has 146 valence electrons. The first-order valence-electron chi connectivity index (χ1n) is 9.99. The van der Waals surface area contributed by atoms with Gasteiger partial charge in [-0.1, -0.05) is 12.1 Å². The van der Waals surface area contributed by atoms with Crippen LogP contribution in [-0.4, -0.2) is 64.6 Å². The van der Waals surface area contributed by atoms with Gasteiger partial charge in [-0.05, 0) is 61.7 Å². The Balaban J connectivity index is 1.51. The highest BCUT2D eigenvalue weighted by atomic mass is 16.5. The number of methoxy groups -OCH3 is 1. The van der Waals surface area contributed by atoms with Crippen molar-refractivity contribution in [2.45, 2.75) is 30.8 Å². The molecule has 0 radical (unpaired) electrons. The van der Waals surface area contributed by atoms with E-state index in [1.165, 1.54) is 17.8 Å². The number of rotatable bonds is 3. The van der Waals surface area contributed by atoms with Crippen LogP contribution >= 0.6 is 0 Å². The van der Waals surface area contributed by atoms with Crippen molar-refractivity contribution in [2.75, 3.05) is 26.7 Å². The van der Waals surface area contributed by atoms with Crippen LogP contribution < -0.4 is 4.74 Å². The normalized spacial score (nSPS) is 30.9. The Kier molecular flexibility index (Phi) is 4.23. The Morgan fingerprint density at radius 1 is 1.18 bits per heavy atom. The van der Waals surface area contributed by atoms with Crippen LogP contribution in [0.25, 0.3) is 0 Å². The highest BCUT2D eigenvalue weighted by Gasteiger charge is 2.54. The average molecular weight is 379 g/mol. The van der Waals surface area contributed by atoms with Crippen molar-refractivity contribution >= 4 is 5.91 Å². The van der Waals surface area contributed by atoms with Gasteiger partial charge >= 0.3 is 0 Å². The molecule has 2 aromatic rings. The summed E-state index contributed by atoms with van der Waals surface area (Å²) in [5.74, 6) is 1.72. The molecule has 1 N–H and O–H groups in total. The number of fused-ring (bicyclic) bond motifs is 2. The van der Waals surface area contributed by atoms with E-state index in [9.17, 15) is 9.90 Å². The molecule has 4 fully saturated rings. The quantitative estimate of drug-likeness (QED) is 0.888. The maximum atomic E-state index is 13.3. The van der Waals surface area contributed by atoms with Crippen LogP contribution in [-0.2, 0) is 0 Å². The van der Waals surface area contributed by atoms with Crippen molar-refractivity contribution in [1.82, 2.24) is 14.8 Å². The molecule has 4 aliphatic heterocycles. The van der Waals surface area contributed by atoms with Crippen molar-refractivity contribution in [3.63, 3.8) is 0 Å². The molecule has 0 spiro atoms. The maximum Gasteiger partial charge on any atom is 0.272 e. The number of carbonyl (C=O) groups is 1. The fraction of sp³-hybridized carbons (Fsp3) is 0.455. The summed E-state index contributed by atoms with van der Waals surface area (Å²) in [7, 11) is 1.69. The second kappa shape index (κ2) is 6.78. The van der Waals surface area contributed by atoms with E-state index in [1.807, 2.05) is 17.0 Å². The zero-order valence-corrected chi connectivity index (χ0v) is 16.0. The van der Waals surface area contributed by atoms with E-state index in [4.69, 9.17) is 4.74 Å². The molecule has 28 heavy (non-hydrogen) atoms. The number of hydrogen-bond acceptors (Lipinski definition) is 5. The van der Waals surface area contributed by atoms with E-state index in [0.717, 1.165) is 31.7 Å². The zero-order valence-electron chi connectivity index (χ0n) is 16.0. The van der Waals surface area contributed by atoms with Gasteiger partial charge in [-0.15, -0.1) is 0 Å². The number of amides is 1. The molecule has 1 aromatic heterocycles. The van der Waals surface area contributed by atoms with E-state index in [-0.39, 0.29) is 23.6 Å². The number of nitrogens with zero attached hydrogens (tertiary/aromatic N) is 3. The Hall–Kier alpha value is -2.60. The molecule has 4 aliphatic rings. The van der Waals surface area contributed by atoms with Crippen molar-refractivity contribution in [2.24, 2.45) is 5.92 Å². The first-order valence-corrected chi connectivity index (χ1v) is 9.99. The minimum Gasteiger partial charge on any atom is -0.506 e. The monoisotopic (exact) mass is 379 g/mol. The Morgan fingerprint density at radius 3 is 2.71 bits per heavy atom. The number of hydrogen-bond donors (Lipinski definition) is 1. The molecule has 0 aliphatic carbocycles. The summed E-state index contributed by atoms with van der Waals surface area (Å²) >= 11 is 0. The number of aromatic hydroxyl groups is 1. The lowest BCUT2D eigenvalue weighted by Gasteiger charge is -2.51. The minimum absolute atomic E-state index is 0.0332. The number of piperidine rings is 3. The standard InChI is InChI=1S/C22H25N3O3/c1-28-17-4-2-3-15(11-17)18-13-25(22(27)19-6-5-16(26)12-23-19)20-14-7-9-24(10-8-14)21(18)20/h2-6,11-12,14,18,20-21,26H,7-10,13H2,1H3/t18-,20+,21+/m0/s1. The van der Waals surface area contributed by atoms with E-state index in [2.05, 4.69) is 22.0 Å². The molecule has 3 atom stereocenters. The first kappa shape index (κ1) is 17.5. The highest BCUT2D eigenvalue weighted by Crippen LogP contribution is 2.47. The van der Waals surface area contributed by atoms with Gasteiger partial charge in [-0.3, -0.25) is 9.69 Å². The van der Waals surface area contributed by atoms with Gasteiger partial charge in [0.05, 0.1) is 19.3 Å². The van der Waals surface area contributed by atoms with Crippen LogP contribution in [0, 0.1) is 5.92 Å². The second-order valence-corrected chi connectivity index (χ2v) is 8.10. The van der Waals surface area contributed by atoms with Gasteiger partial charge in [-0.2, -0.15) is 0 Å². The summed E-state index contributed by atoms with van der Waals surface area (Å²) < 4.78 is 5.44. The fourth-order valence-electron chi connectivity index (χ4n) is 5.48. The van der Waals surface area contributed by atoms with Gasteiger partial charge in [0.2, 0.25) is 0 Å². The van der Waals surface area contributed by atoms with Crippen molar-refractivity contribution in [3.05, 3.63) is 53.9 Å². The number of ether oxygens (including phenoxy) is 1. The third kappa shape index (κ3) is 2.75. The number of carbonyl (C=O) groups excluding carboxylic acids is 1. The molecule has 2 bridgehead atoms. The Morgan fingerprint density at radius 2 is 2.00 bits per heavy atom. The maximum absolute atomic E-state index is 13.3. The third-order valence-corrected chi connectivity index (χ3v) is 6.74. The molecule has 6 rings (SSSR count). The Labute approximate surface area is 164 Å². The molecule has 1 aromatic carbocycles. The van der Waals surface area contributed by atoms with Crippen molar-refractivity contribution in [1.29, 1.82) is 0 Å². The lowest BCUT2D eigenvalue weighted by molar-refractivity contribution is -0.00359. The van der Waals surface area contributed by atoms with Gasteiger partial charge in [0.15, 0.2) is 0 Å². The van der Waals surface area contributed by atoms with Gasteiger partial charge < -0.3 is 14.7 Å². The summed E-state index contributed by atoms with van der Waals surface area (Å²) in [5, 5.41) is 9.51. The van der Waals surface area contributed by atoms with Crippen molar-refractivity contribution < 1.29 is 14.6 Å². The lowest BCUT2D eigenvalue weighted by Crippen LogP contribution is -2.60. The molecule has 6 nitrogen and oxygen atoms in total. The largest absolute Gasteiger partial charge is 0.506 e. The number of likely N-dealkylation sites (tertiary alicyclic amines) is 1. The Bertz CT molecular complexity index is 877. The number of aromatic nitrogens is 1. The fourth-order valence-corrected chi connectivity index (χ4v) is 5.48. The topological polar surface area (TPSA) is 65.9 Å². The predicted molar refractivity (Wildman–Crippen MR) is 105 cm³/mol. The zero-order chi connectivity index (χ0) is 19.3. The SMILES string of the molecule is COc1cccc([C@@H]2CN(C(=O)c3ccc(O)cn3)[C@@H]3C4CCN(CC4)[C@@H]32)c1. The number of pyridine rings is 1. The van der Waals surface area contributed by atoms with Crippen LogP contribution in [0.15, 0.2) is 42.6 Å². The van der Waals surface area contributed by atoms with Crippen LogP contribution in [0.2, 0.25) is 0 Å². The van der Waals surface area contributed by atoms with E-state index >= 15 is 0 Å². The van der Waals surface area contributed by atoms with Crippen molar-refractivity contribution in [3.8, 4) is 11.5 Å². The molecule has 1 amide bonds. The molecule has 5 heterocycles. The summed E-state index contributed by atoms with van der Waals surface area (Å²) in [6.07, 6.45) is 3.65. The summed E-state index contributed by atoms with van der Waals surface area (Å²) in [6.45, 7) is 2.93. The van der Waals surface area contributed by atoms with Crippen LogP contribution in [0.1, 0.15) is 34.8 Å². The molecule has 0 unspecified atom stereocenters. The van der Waals surface area contributed by atoms with E-state index in [1.54, 1.807) is 13.2 Å². The lowest BCUT2D eigenvalue weighted by atomic mass is 9.75. The van der Waals surface area contributed by atoms with E-state index in [0.29, 0.717) is 24.2 Å². The van der Waals surface area contributed by atoms with E-state index < -0.39 is 0 Å². The van der Waals surface area contributed by atoms with Gasteiger partial charge in [-0.25, -0.2) is 4.98 Å². The summed E-state index contributed by atoms with van der Waals surface area (Å²) in [6, 6.07) is 12.0. The van der Waals surface area contributed by atoms with Crippen LogP contribution in [0.4, 0.5) is 0 Å². The van der Waals surface area contributed by atoms with Gasteiger partial charge in [0.25, 0.3) is 5.91 Å². The van der Waals surface area contributed by atoms with Crippen LogP contribution in [0.3, 0.4) is 0 Å².